The maximum absolute atomic E-state index is 4.23. The van der Waals surface area contributed by atoms with Crippen LogP contribution in [0.4, 0.5) is 0 Å². The van der Waals surface area contributed by atoms with E-state index in [1.54, 1.807) is 0 Å². The lowest BCUT2D eigenvalue weighted by molar-refractivity contribution is 1.35. The quantitative estimate of drug-likeness (QED) is 0.618. The lowest BCUT2D eigenvalue weighted by Crippen LogP contribution is -1.87. The first-order valence-electron chi connectivity index (χ1n) is 5.57. The second kappa shape index (κ2) is 9.85. The van der Waals surface area contributed by atoms with Gasteiger partial charge in [-0.3, -0.25) is 0 Å². The molecule has 0 amide bonds. The molecule has 0 unspecified atom stereocenters. The molecule has 0 heterocycles. The Hall–Kier alpha value is -0.690. The van der Waals surface area contributed by atoms with Crippen LogP contribution in [-0.2, 0) is 0 Å². The van der Waals surface area contributed by atoms with Crippen molar-refractivity contribution < 1.29 is 0 Å². The molecule has 1 rings (SSSR count). The Kier molecular flexibility index (Phi) is 11.0. The third-order valence-corrected chi connectivity index (χ3v) is 1.99. The second-order valence-electron chi connectivity index (χ2n) is 2.71. The van der Waals surface area contributed by atoms with Crippen molar-refractivity contribution >= 4 is 17.5 Å². The van der Waals surface area contributed by atoms with E-state index in [1.807, 2.05) is 33.8 Å². The summed E-state index contributed by atoms with van der Waals surface area (Å²) in [4.78, 5) is 0.848. The van der Waals surface area contributed by atoms with Crippen LogP contribution in [-0.4, -0.2) is 0 Å². The molecule has 0 aliphatic heterocycles. The molecule has 0 N–H and O–H groups in total. The van der Waals surface area contributed by atoms with E-state index in [2.05, 4.69) is 45.2 Å². The van der Waals surface area contributed by atoms with Crippen LogP contribution in [0.1, 0.15) is 44.4 Å². The third-order valence-electron chi connectivity index (χ3n) is 1.77. The first kappa shape index (κ1) is 16.7. The Morgan fingerprint density at radius 3 is 1.53 bits per heavy atom. The molecule has 0 bridgehead atoms. The molecule has 1 aromatic carbocycles. The average molecular weight is 224 g/mol. The fourth-order valence-corrected chi connectivity index (χ4v) is 1.62. The van der Waals surface area contributed by atoms with E-state index in [9.17, 15) is 0 Å². The topological polar surface area (TPSA) is 0 Å². The first-order valence-corrected chi connectivity index (χ1v) is 6.02. The van der Waals surface area contributed by atoms with Crippen molar-refractivity contribution in [3.63, 3.8) is 0 Å². The lowest BCUT2D eigenvalue weighted by atomic mass is 10.0. The van der Waals surface area contributed by atoms with Crippen LogP contribution in [0.5, 0.6) is 0 Å². The van der Waals surface area contributed by atoms with Gasteiger partial charge in [0.1, 0.15) is 0 Å². The summed E-state index contributed by atoms with van der Waals surface area (Å²) < 4.78 is 0. The smallest absolute Gasteiger partial charge is 0.00459 e. The highest BCUT2D eigenvalue weighted by Gasteiger charge is 2.01. The van der Waals surface area contributed by atoms with E-state index in [0.717, 1.165) is 4.91 Å². The van der Waals surface area contributed by atoms with Crippen LogP contribution in [0, 0.1) is 13.8 Å². The molecule has 0 nitrogen and oxygen atoms in total. The van der Waals surface area contributed by atoms with Gasteiger partial charge in [-0.15, -0.1) is 12.6 Å². The molecule has 0 saturated heterocycles. The van der Waals surface area contributed by atoms with Crippen molar-refractivity contribution in [2.45, 2.75) is 41.5 Å². The average Bonchev–Trinajstić information content (AvgIpc) is 2.23. The molecule has 15 heavy (non-hydrogen) atoms. The molecule has 1 aromatic rings. The largest absolute Gasteiger partial charge is 0.143 e. The van der Waals surface area contributed by atoms with Crippen molar-refractivity contribution in [1.82, 2.24) is 0 Å². The van der Waals surface area contributed by atoms with E-state index in [-0.39, 0.29) is 0 Å². The highest BCUT2D eigenvalue weighted by Crippen LogP contribution is 2.23. The minimum absolute atomic E-state index is 0.848. The summed E-state index contributed by atoms with van der Waals surface area (Å²) >= 11 is 4.23. The van der Waals surface area contributed by atoms with Crippen molar-refractivity contribution in [3.8, 4) is 0 Å². The van der Waals surface area contributed by atoms with Crippen LogP contribution in [0.25, 0.3) is 4.91 Å². The van der Waals surface area contributed by atoms with E-state index >= 15 is 0 Å². The number of aryl methyl sites for hydroxylation is 2. The first-order chi connectivity index (χ1) is 7.13. The summed E-state index contributed by atoms with van der Waals surface area (Å²) in [6, 6.07) is 6.19. The van der Waals surface area contributed by atoms with Crippen LogP contribution < -0.4 is 0 Å². The standard InChI is InChI=1S/C10H12S.2C2H6/c1-7-5-4-6-8(2)10(7)9(3)11;2*1-2/h4-6,11H,3H2,1-2H3;2*1-2H3. The van der Waals surface area contributed by atoms with Crippen molar-refractivity contribution in [1.29, 1.82) is 0 Å². The highest BCUT2D eigenvalue weighted by atomic mass is 32.1. The molecular weight excluding hydrogens is 200 g/mol. The molecule has 0 saturated carbocycles. The van der Waals surface area contributed by atoms with E-state index in [0.29, 0.717) is 0 Å². The van der Waals surface area contributed by atoms with Gasteiger partial charge >= 0.3 is 0 Å². The predicted octanol–water partition coefficient (Wildman–Crippen LogP) is 5.26. The minimum atomic E-state index is 0.848. The molecule has 86 valence electrons. The molecule has 0 atom stereocenters. The predicted molar refractivity (Wildman–Crippen MR) is 76.6 cm³/mol. The normalized spacial score (nSPS) is 7.93. The Labute approximate surface area is 101 Å². The maximum Gasteiger partial charge on any atom is 0.00459 e. The van der Waals surface area contributed by atoms with E-state index in [1.165, 1.54) is 16.7 Å². The zero-order chi connectivity index (χ0) is 12.4. The van der Waals surface area contributed by atoms with Gasteiger partial charge in [0.25, 0.3) is 0 Å². The van der Waals surface area contributed by atoms with Gasteiger partial charge in [0, 0.05) is 4.91 Å². The molecule has 0 aliphatic rings. The Bertz CT molecular complexity index is 267. The van der Waals surface area contributed by atoms with E-state index in [4.69, 9.17) is 0 Å². The Morgan fingerprint density at radius 2 is 1.33 bits per heavy atom. The molecule has 1 heteroatoms. The third kappa shape index (κ3) is 5.68. The SMILES string of the molecule is C=C(S)c1c(C)cccc1C.CC.CC. The van der Waals surface area contributed by atoms with Crippen LogP contribution in [0.15, 0.2) is 24.8 Å². The second-order valence-corrected chi connectivity index (χ2v) is 3.25. The monoisotopic (exact) mass is 224 g/mol. The van der Waals surface area contributed by atoms with Gasteiger partial charge in [0.05, 0.1) is 0 Å². The Balaban J connectivity index is 0. The molecule has 0 aliphatic carbocycles. The van der Waals surface area contributed by atoms with Crippen LogP contribution in [0.3, 0.4) is 0 Å². The molecule has 0 radical (unpaired) electrons. The van der Waals surface area contributed by atoms with Gasteiger partial charge < -0.3 is 0 Å². The molecule has 0 fully saturated rings. The minimum Gasteiger partial charge on any atom is -0.143 e. The fraction of sp³-hybridized carbons (Fsp3) is 0.429. The highest BCUT2D eigenvalue weighted by molar-refractivity contribution is 7.90. The van der Waals surface area contributed by atoms with Gasteiger partial charge in [-0.25, -0.2) is 0 Å². The van der Waals surface area contributed by atoms with Gasteiger partial charge in [-0.05, 0) is 30.5 Å². The summed E-state index contributed by atoms with van der Waals surface area (Å²) in [5.41, 5.74) is 3.66. The Morgan fingerprint density at radius 1 is 1.00 bits per heavy atom. The number of benzene rings is 1. The zero-order valence-electron chi connectivity index (χ0n) is 10.9. The number of hydrogen-bond acceptors (Lipinski definition) is 1. The summed E-state index contributed by atoms with van der Waals surface area (Å²) in [6.45, 7) is 16.0. The van der Waals surface area contributed by atoms with Crippen molar-refractivity contribution in [2.24, 2.45) is 0 Å². The van der Waals surface area contributed by atoms with Gasteiger partial charge in [0.15, 0.2) is 0 Å². The maximum atomic E-state index is 4.23. The van der Waals surface area contributed by atoms with Crippen molar-refractivity contribution in [3.05, 3.63) is 41.5 Å². The van der Waals surface area contributed by atoms with Crippen LogP contribution in [0.2, 0.25) is 0 Å². The molecule has 0 aromatic heterocycles. The number of hydrogen-bond donors (Lipinski definition) is 1. The van der Waals surface area contributed by atoms with Crippen molar-refractivity contribution in [2.75, 3.05) is 0 Å². The lowest BCUT2D eigenvalue weighted by Gasteiger charge is -2.06. The van der Waals surface area contributed by atoms with Gasteiger partial charge in [-0.2, -0.15) is 0 Å². The fourth-order valence-electron chi connectivity index (χ4n) is 1.27. The summed E-state index contributed by atoms with van der Waals surface area (Å²) in [7, 11) is 0. The number of thiol groups is 1. The molecular formula is C14H24S. The summed E-state index contributed by atoms with van der Waals surface area (Å²) in [6.07, 6.45) is 0. The number of rotatable bonds is 1. The van der Waals surface area contributed by atoms with Gasteiger partial charge in [-0.1, -0.05) is 52.5 Å². The zero-order valence-corrected chi connectivity index (χ0v) is 11.8. The summed E-state index contributed by atoms with van der Waals surface area (Å²) in [5, 5.41) is 0. The van der Waals surface area contributed by atoms with Crippen LogP contribution >= 0.6 is 12.6 Å². The molecule has 0 spiro atoms. The van der Waals surface area contributed by atoms with E-state index < -0.39 is 0 Å². The van der Waals surface area contributed by atoms with Gasteiger partial charge in [0.2, 0.25) is 0 Å². The summed E-state index contributed by atoms with van der Waals surface area (Å²) in [5.74, 6) is 0.